The number of aryl methyl sites for hydroxylation is 1. The van der Waals surface area contributed by atoms with Crippen molar-refractivity contribution in [1.82, 2.24) is 9.78 Å². The fraction of sp³-hybridized carbons (Fsp3) is 0.133. The van der Waals surface area contributed by atoms with Crippen LogP contribution < -0.4 is 0 Å². The van der Waals surface area contributed by atoms with Gasteiger partial charge < -0.3 is 0 Å². The van der Waals surface area contributed by atoms with Crippen molar-refractivity contribution < 1.29 is 4.39 Å². The predicted molar refractivity (Wildman–Crippen MR) is 83.1 cm³/mol. The second-order valence-corrected chi connectivity index (χ2v) is 5.37. The van der Waals surface area contributed by atoms with Gasteiger partial charge in [0.15, 0.2) is 0 Å². The minimum atomic E-state index is -0.228. The van der Waals surface area contributed by atoms with Crippen molar-refractivity contribution >= 4 is 33.5 Å². The van der Waals surface area contributed by atoms with Crippen LogP contribution >= 0.6 is 22.6 Å². The van der Waals surface area contributed by atoms with Crippen molar-refractivity contribution in [3.05, 3.63) is 57.5 Å². The minimum absolute atomic E-state index is 0.228. The summed E-state index contributed by atoms with van der Waals surface area (Å²) >= 11 is 2.15. The quantitative estimate of drug-likeness (QED) is 0.618. The molecule has 0 amide bonds. The van der Waals surface area contributed by atoms with E-state index in [1.165, 1.54) is 17.7 Å². The fourth-order valence-electron chi connectivity index (χ4n) is 2.25. The standard InChI is InChI=1S/C15H12FIN2/c1-2-10-5-3-4-6-13(10)19-14-8-7-11(16)9-12(14)15(17)18-19/h3-9H,2H2,1H3. The number of benzene rings is 2. The molecular formula is C15H12FIN2. The maximum absolute atomic E-state index is 13.3. The Kier molecular flexibility index (Phi) is 3.26. The third-order valence-electron chi connectivity index (χ3n) is 3.20. The molecule has 3 rings (SSSR count). The largest absolute Gasteiger partial charge is 0.232 e. The lowest BCUT2D eigenvalue weighted by atomic mass is 10.1. The van der Waals surface area contributed by atoms with Gasteiger partial charge in [0, 0.05) is 5.39 Å². The van der Waals surface area contributed by atoms with E-state index in [1.54, 1.807) is 6.07 Å². The third-order valence-corrected chi connectivity index (χ3v) is 3.99. The first-order chi connectivity index (χ1) is 9.20. The van der Waals surface area contributed by atoms with Crippen molar-refractivity contribution in [2.75, 3.05) is 0 Å². The van der Waals surface area contributed by atoms with Crippen LogP contribution in [0, 0.1) is 9.52 Å². The molecule has 0 spiro atoms. The van der Waals surface area contributed by atoms with Gasteiger partial charge in [-0.15, -0.1) is 0 Å². The topological polar surface area (TPSA) is 17.8 Å². The normalized spacial score (nSPS) is 11.1. The summed E-state index contributed by atoms with van der Waals surface area (Å²) in [6.07, 6.45) is 0.940. The Hall–Kier alpha value is -1.43. The van der Waals surface area contributed by atoms with Crippen molar-refractivity contribution in [2.45, 2.75) is 13.3 Å². The Labute approximate surface area is 124 Å². The monoisotopic (exact) mass is 366 g/mol. The fourth-order valence-corrected chi connectivity index (χ4v) is 2.90. The number of nitrogens with zero attached hydrogens (tertiary/aromatic N) is 2. The highest BCUT2D eigenvalue weighted by Crippen LogP contribution is 2.25. The molecule has 0 saturated carbocycles. The summed E-state index contributed by atoms with van der Waals surface area (Å²) in [6, 6.07) is 13.0. The molecule has 0 fully saturated rings. The maximum atomic E-state index is 13.3. The highest BCUT2D eigenvalue weighted by Gasteiger charge is 2.12. The molecule has 0 aliphatic rings. The van der Waals surface area contributed by atoms with Gasteiger partial charge >= 0.3 is 0 Å². The van der Waals surface area contributed by atoms with Crippen LogP contribution in [0.2, 0.25) is 0 Å². The van der Waals surface area contributed by atoms with Gasteiger partial charge in [0.1, 0.15) is 9.52 Å². The molecule has 3 aromatic rings. The number of para-hydroxylation sites is 1. The number of halogens is 2. The zero-order valence-corrected chi connectivity index (χ0v) is 12.6. The van der Waals surface area contributed by atoms with Crippen LogP contribution in [0.5, 0.6) is 0 Å². The highest BCUT2D eigenvalue weighted by molar-refractivity contribution is 14.1. The number of rotatable bonds is 2. The van der Waals surface area contributed by atoms with Crippen LogP contribution in [0.4, 0.5) is 4.39 Å². The Bertz CT molecular complexity index is 749. The van der Waals surface area contributed by atoms with Gasteiger partial charge in [-0.2, -0.15) is 5.10 Å². The maximum Gasteiger partial charge on any atom is 0.131 e. The first kappa shape index (κ1) is 12.6. The van der Waals surface area contributed by atoms with Crippen LogP contribution in [-0.4, -0.2) is 9.78 Å². The minimum Gasteiger partial charge on any atom is -0.232 e. The van der Waals surface area contributed by atoms with E-state index in [4.69, 9.17) is 0 Å². The molecule has 2 nitrogen and oxygen atoms in total. The Balaban J connectivity index is 2.31. The Morgan fingerprint density at radius 1 is 1.21 bits per heavy atom. The van der Waals surface area contributed by atoms with Crippen LogP contribution in [-0.2, 0) is 6.42 Å². The Morgan fingerprint density at radius 2 is 2.00 bits per heavy atom. The van der Waals surface area contributed by atoms with E-state index in [0.717, 1.165) is 26.7 Å². The lowest BCUT2D eigenvalue weighted by Gasteiger charge is -2.08. The lowest BCUT2D eigenvalue weighted by Crippen LogP contribution is -2.00. The summed E-state index contributed by atoms with van der Waals surface area (Å²) in [5.74, 6) is -0.228. The first-order valence-corrected chi connectivity index (χ1v) is 7.20. The third kappa shape index (κ3) is 2.14. The van der Waals surface area contributed by atoms with Crippen molar-refractivity contribution in [3.63, 3.8) is 0 Å². The molecule has 1 aromatic heterocycles. The molecule has 1 heterocycles. The van der Waals surface area contributed by atoms with Crippen LogP contribution in [0.3, 0.4) is 0 Å². The lowest BCUT2D eigenvalue weighted by molar-refractivity contribution is 0.629. The number of fused-ring (bicyclic) bond motifs is 1. The molecule has 0 aliphatic heterocycles. The Morgan fingerprint density at radius 3 is 2.79 bits per heavy atom. The van der Waals surface area contributed by atoms with Gasteiger partial charge in [-0.25, -0.2) is 9.07 Å². The molecule has 0 unspecified atom stereocenters. The number of hydrogen-bond donors (Lipinski definition) is 0. The van der Waals surface area contributed by atoms with E-state index in [2.05, 4.69) is 40.7 Å². The second-order valence-electron chi connectivity index (χ2n) is 4.35. The summed E-state index contributed by atoms with van der Waals surface area (Å²) in [6.45, 7) is 2.12. The zero-order chi connectivity index (χ0) is 13.4. The SMILES string of the molecule is CCc1ccccc1-n1nc(I)c2cc(F)ccc21. The predicted octanol–water partition coefficient (Wildman–Crippen LogP) is 4.33. The smallest absolute Gasteiger partial charge is 0.131 e. The molecule has 0 N–H and O–H groups in total. The average Bonchev–Trinajstić information content (AvgIpc) is 2.75. The van der Waals surface area contributed by atoms with Crippen LogP contribution in [0.15, 0.2) is 42.5 Å². The van der Waals surface area contributed by atoms with E-state index in [0.29, 0.717) is 0 Å². The molecular weight excluding hydrogens is 354 g/mol. The van der Waals surface area contributed by atoms with Gasteiger partial charge in [-0.05, 0) is 58.8 Å². The van der Waals surface area contributed by atoms with Gasteiger partial charge in [0.2, 0.25) is 0 Å². The van der Waals surface area contributed by atoms with E-state index in [9.17, 15) is 4.39 Å². The zero-order valence-electron chi connectivity index (χ0n) is 10.4. The van der Waals surface area contributed by atoms with Gasteiger partial charge in [-0.3, -0.25) is 0 Å². The molecule has 0 radical (unpaired) electrons. The molecule has 0 aliphatic carbocycles. The molecule has 0 saturated heterocycles. The summed E-state index contributed by atoms with van der Waals surface area (Å²) in [7, 11) is 0. The van der Waals surface area contributed by atoms with Gasteiger partial charge in [-0.1, -0.05) is 25.1 Å². The van der Waals surface area contributed by atoms with E-state index in [1.807, 2.05) is 22.9 Å². The first-order valence-electron chi connectivity index (χ1n) is 6.12. The van der Waals surface area contributed by atoms with Crippen LogP contribution in [0.1, 0.15) is 12.5 Å². The number of hydrogen-bond acceptors (Lipinski definition) is 1. The van der Waals surface area contributed by atoms with Crippen molar-refractivity contribution in [1.29, 1.82) is 0 Å². The second kappa shape index (κ2) is 4.92. The van der Waals surface area contributed by atoms with Crippen molar-refractivity contribution in [3.8, 4) is 5.69 Å². The summed E-state index contributed by atoms with van der Waals surface area (Å²) in [4.78, 5) is 0. The molecule has 0 atom stereocenters. The molecule has 19 heavy (non-hydrogen) atoms. The summed E-state index contributed by atoms with van der Waals surface area (Å²) in [5.41, 5.74) is 3.23. The molecule has 96 valence electrons. The molecule has 2 aromatic carbocycles. The summed E-state index contributed by atoms with van der Waals surface area (Å²) < 4.78 is 16.0. The van der Waals surface area contributed by atoms with E-state index >= 15 is 0 Å². The van der Waals surface area contributed by atoms with Crippen molar-refractivity contribution in [2.24, 2.45) is 0 Å². The average molecular weight is 366 g/mol. The van der Waals surface area contributed by atoms with Crippen LogP contribution in [0.25, 0.3) is 16.6 Å². The highest BCUT2D eigenvalue weighted by atomic mass is 127. The molecule has 4 heteroatoms. The molecule has 0 bridgehead atoms. The summed E-state index contributed by atoms with van der Waals surface area (Å²) in [5, 5.41) is 5.40. The van der Waals surface area contributed by atoms with E-state index in [-0.39, 0.29) is 5.82 Å². The number of aromatic nitrogens is 2. The van der Waals surface area contributed by atoms with Gasteiger partial charge in [0.05, 0.1) is 11.2 Å². The van der Waals surface area contributed by atoms with Gasteiger partial charge in [0.25, 0.3) is 0 Å². The van der Waals surface area contributed by atoms with E-state index < -0.39 is 0 Å².